The molecule has 0 spiro atoms. The second-order valence-electron chi connectivity index (χ2n) is 10.3. The molecule has 34 heavy (non-hydrogen) atoms. The number of carbonyl (C=O) groups is 3. The Morgan fingerprint density at radius 1 is 1.18 bits per heavy atom. The molecule has 2 heterocycles. The normalized spacial score (nSPS) is 26.2. The first-order valence-corrected chi connectivity index (χ1v) is 12.8. The van der Waals surface area contributed by atoms with Crippen LogP contribution in [0.5, 0.6) is 0 Å². The van der Waals surface area contributed by atoms with Gasteiger partial charge in [-0.15, -0.1) is 0 Å². The van der Waals surface area contributed by atoms with Crippen molar-refractivity contribution in [1.29, 1.82) is 0 Å². The molecular formula is C26H36ClN3O4. The van der Waals surface area contributed by atoms with Gasteiger partial charge in [0.25, 0.3) is 0 Å². The predicted octanol–water partition coefficient (Wildman–Crippen LogP) is 3.85. The molecule has 1 aliphatic carbocycles. The minimum atomic E-state index is -1.06. The van der Waals surface area contributed by atoms with Crippen molar-refractivity contribution in [3.63, 3.8) is 0 Å². The largest absolute Gasteiger partial charge is 0.449 e. The zero-order chi connectivity index (χ0) is 24.5. The van der Waals surface area contributed by atoms with Gasteiger partial charge in [-0.05, 0) is 49.8 Å². The van der Waals surface area contributed by atoms with Gasteiger partial charge in [-0.3, -0.25) is 14.5 Å². The highest BCUT2D eigenvalue weighted by Gasteiger charge is 2.56. The van der Waals surface area contributed by atoms with Crippen LogP contribution in [0.3, 0.4) is 0 Å². The van der Waals surface area contributed by atoms with Crippen LogP contribution in [0.25, 0.3) is 0 Å². The molecule has 1 N–H and O–H groups in total. The number of halogens is 1. The molecule has 2 amide bonds. The predicted molar refractivity (Wildman–Crippen MR) is 131 cm³/mol. The van der Waals surface area contributed by atoms with Gasteiger partial charge in [0.2, 0.25) is 5.91 Å². The number of ketones is 1. The van der Waals surface area contributed by atoms with Gasteiger partial charge in [0.05, 0.1) is 6.61 Å². The number of hydrogen-bond acceptors (Lipinski definition) is 5. The van der Waals surface area contributed by atoms with Gasteiger partial charge in [0, 0.05) is 55.5 Å². The summed E-state index contributed by atoms with van der Waals surface area (Å²) in [5.74, 6) is -0.165. The van der Waals surface area contributed by atoms with Crippen molar-refractivity contribution < 1.29 is 19.1 Å². The third-order valence-electron chi connectivity index (χ3n) is 7.99. The van der Waals surface area contributed by atoms with E-state index in [4.69, 9.17) is 16.3 Å². The maximum absolute atomic E-state index is 14.3. The number of nitrogens with zero attached hydrogens (tertiary/aromatic N) is 2. The summed E-state index contributed by atoms with van der Waals surface area (Å²) in [6, 6.07) is 7.51. The number of likely N-dealkylation sites (tertiary alicyclic amines) is 1. The van der Waals surface area contributed by atoms with E-state index in [0.29, 0.717) is 57.1 Å². The monoisotopic (exact) mass is 489 g/mol. The van der Waals surface area contributed by atoms with Gasteiger partial charge in [0.1, 0.15) is 5.54 Å². The van der Waals surface area contributed by atoms with Crippen molar-refractivity contribution in [3.05, 3.63) is 34.9 Å². The zero-order valence-corrected chi connectivity index (χ0v) is 21.2. The first-order valence-electron chi connectivity index (χ1n) is 12.4. The van der Waals surface area contributed by atoms with Crippen molar-refractivity contribution in [3.8, 4) is 0 Å². The number of hydrogen-bond donors (Lipinski definition) is 1. The number of rotatable bonds is 7. The van der Waals surface area contributed by atoms with E-state index in [1.165, 1.54) is 4.90 Å². The van der Waals surface area contributed by atoms with E-state index in [2.05, 4.69) is 5.32 Å². The number of piperidine rings is 1. The summed E-state index contributed by atoms with van der Waals surface area (Å²) in [7, 11) is 1.68. The summed E-state index contributed by atoms with van der Waals surface area (Å²) in [4.78, 5) is 43.5. The van der Waals surface area contributed by atoms with Gasteiger partial charge in [-0.2, -0.15) is 0 Å². The molecule has 3 aliphatic rings. The van der Waals surface area contributed by atoms with Crippen molar-refractivity contribution in [2.45, 2.75) is 57.4 Å². The molecule has 2 saturated heterocycles. The Morgan fingerprint density at radius 2 is 1.82 bits per heavy atom. The minimum absolute atomic E-state index is 0.0538. The van der Waals surface area contributed by atoms with Gasteiger partial charge in [0.15, 0.2) is 5.78 Å². The molecule has 3 fully saturated rings. The molecule has 7 nitrogen and oxygen atoms in total. The van der Waals surface area contributed by atoms with E-state index in [0.717, 1.165) is 18.4 Å². The number of ether oxygens (including phenoxy) is 1. The van der Waals surface area contributed by atoms with Crippen molar-refractivity contribution in [2.75, 3.05) is 39.8 Å². The second kappa shape index (κ2) is 9.86. The van der Waals surface area contributed by atoms with E-state index in [9.17, 15) is 14.4 Å². The van der Waals surface area contributed by atoms with Crippen LogP contribution in [0.15, 0.2) is 24.3 Å². The number of Topliss-reactive ketones (excluding diaryl/α,β-unsaturated/α-hetero) is 1. The highest BCUT2D eigenvalue weighted by Crippen LogP contribution is 2.47. The minimum Gasteiger partial charge on any atom is -0.449 e. The molecule has 2 atom stereocenters. The Balaban J connectivity index is 1.59. The van der Waals surface area contributed by atoms with Crippen LogP contribution in [0.4, 0.5) is 4.79 Å². The standard InChI is InChI=1S/C26H36ClN3O4/c1-4-15-34-24(33)29(3)26(17-28-16-21(26)18-5-7-20(27)8-6-18)22(31)19-9-13-30(14-10-19)23(32)25(2)11-12-25/h5-8,19,21,28H,4,9-17H2,1-3H3/t21-,26+/m0/s1. The molecule has 0 radical (unpaired) electrons. The molecule has 186 valence electrons. The van der Waals surface area contributed by atoms with Crippen LogP contribution < -0.4 is 5.32 Å². The van der Waals surface area contributed by atoms with Crippen LogP contribution in [0.2, 0.25) is 5.02 Å². The molecule has 8 heteroatoms. The molecular weight excluding hydrogens is 454 g/mol. The Bertz CT molecular complexity index is 924. The molecule has 2 aliphatic heterocycles. The lowest BCUT2D eigenvalue weighted by molar-refractivity contribution is -0.142. The van der Waals surface area contributed by atoms with E-state index < -0.39 is 11.6 Å². The van der Waals surface area contributed by atoms with Crippen molar-refractivity contribution in [1.82, 2.24) is 15.1 Å². The van der Waals surface area contributed by atoms with E-state index in [-0.39, 0.29) is 28.9 Å². The highest BCUT2D eigenvalue weighted by molar-refractivity contribution is 6.30. The molecule has 0 aromatic heterocycles. The molecule has 1 aromatic rings. The highest BCUT2D eigenvalue weighted by atomic mass is 35.5. The van der Waals surface area contributed by atoms with Crippen LogP contribution in [0.1, 0.15) is 57.4 Å². The Hall–Kier alpha value is -2.12. The topological polar surface area (TPSA) is 79.0 Å². The fraction of sp³-hybridized carbons (Fsp3) is 0.654. The summed E-state index contributed by atoms with van der Waals surface area (Å²) < 4.78 is 5.46. The summed E-state index contributed by atoms with van der Waals surface area (Å²) in [6.07, 6.45) is 3.37. The van der Waals surface area contributed by atoms with Crippen molar-refractivity contribution >= 4 is 29.4 Å². The quantitative estimate of drug-likeness (QED) is 0.629. The summed E-state index contributed by atoms with van der Waals surface area (Å²) in [5.41, 5.74) is -0.291. The lowest BCUT2D eigenvalue weighted by Crippen LogP contribution is -2.62. The number of amides is 2. The van der Waals surface area contributed by atoms with E-state index in [1.54, 1.807) is 7.05 Å². The van der Waals surface area contributed by atoms with Crippen LogP contribution >= 0.6 is 11.6 Å². The third kappa shape index (κ3) is 4.57. The molecule has 0 unspecified atom stereocenters. The third-order valence-corrected chi connectivity index (χ3v) is 8.24. The maximum atomic E-state index is 14.3. The number of benzene rings is 1. The molecule has 4 rings (SSSR count). The lowest BCUT2D eigenvalue weighted by Gasteiger charge is -2.44. The Kier molecular flexibility index (Phi) is 7.25. The number of nitrogens with one attached hydrogen (secondary N) is 1. The number of carbonyl (C=O) groups excluding carboxylic acids is 3. The summed E-state index contributed by atoms with van der Waals surface area (Å²) >= 11 is 6.12. The average molecular weight is 490 g/mol. The number of likely N-dealkylation sites (N-methyl/N-ethyl adjacent to an activating group) is 1. The first-order chi connectivity index (χ1) is 16.2. The van der Waals surface area contributed by atoms with Crippen molar-refractivity contribution in [2.24, 2.45) is 11.3 Å². The Morgan fingerprint density at radius 3 is 2.41 bits per heavy atom. The zero-order valence-electron chi connectivity index (χ0n) is 20.4. The van der Waals surface area contributed by atoms with Crippen LogP contribution in [0, 0.1) is 11.3 Å². The summed E-state index contributed by atoms with van der Waals surface area (Å²) in [6.45, 7) is 6.40. The second-order valence-corrected chi connectivity index (χ2v) is 10.8. The first kappa shape index (κ1) is 25.0. The van der Waals surface area contributed by atoms with Gasteiger partial charge in [-0.1, -0.05) is 37.6 Å². The van der Waals surface area contributed by atoms with Gasteiger partial charge in [-0.25, -0.2) is 4.79 Å². The summed E-state index contributed by atoms with van der Waals surface area (Å²) in [5, 5.41) is 4.00. The van der Waals surface area contributed by atoms with Gasteiger partial charge < -0.3 is 15.0 Å². The fourth-order valence-electron chi connectivity index (χ4n) is 5.49. The molecule has 1 saturated carbocycles. The van der Waals surface area contributed by atoms with Gasteiger partial charge >= 0.3 is 6.09 Å². The van der Waals surface area contributed by atoms with Crippen LogP contribution in [-0.2, 0) is 14.3 Å². The fourth-order valence-corrected chi connectivity index (χ4v) is 5.62. The van der Waals surface area contributed by atoms with Crippen LogP contribution in [-0.4, -0.2) is 73.0 Å². The lowest BCUT2D eigenvalue weighted by atomic mass is 9.72. The van der Waals surface area contributed by atoms with E-state index in [1.807, 2.05) is 43.0 Å². The molecule has 0 bridgehead atoms. The SMILES string of the molecule is CCCOC(=O)N(C)[C@]1(C(=O)C2CCN(C(=O)C3(C)CC3)CC2)CNC[C@H]1c1ccc(Cl)cc1. The average Bonchev–Trinajstić information content (AvgIpc) is 3.45. The molecule has 1 aromatic carbocycles. The Labute approximate surface area is 207 Å². The smallest absolute Gasteiger partial charge is 0.410 e. The maximum Gasteiger partial charge on any atom is 0.410 e. The van der Waals surface area contributed by atoms with E-state index >= 15 is 0 Å².